The molecule has 0 radical (unpaired) electrons. The lowest BCUT2D eigenvalue weighted by molar-refractivity contribution is -0.141. The largest absolute Gasteiger partial charge is 0.463 e. The summed E-state index contributed by atoms with van der Waals surface area (Å²) in [4.78, 5) is 41.7. The lowest BCUT2D eigenvalue weighted by Gasteiger charge is -2.40. The highest BCUT2D eigenvalue weighted by Gasteiger charge is 2.41. The van der Waals surface area contributed by atoms with Gasteiger partial charge in [0.1, 0.15) is 6.04 Å². The molecule has 1 aromatic carbocycles. The van der Waals surface area contributed by atoms with Gasteiger partial charge in [0.05, 0.1) is 18.7 Å². The van der Waals surface area contributed by atoms with Gasteiger partial charge in [0.15, 0.2) is 0 Å². The van der Waals surface area contributed by atoms with Crippen molar-refractivity contribution in [3.63, 3.8) is 0 Å². The van der Waals surface area contributed by atoms with E-state index in [1.54, 1.807) is 38.9 Å². The minimum Gasteiger partial charge on any atom is -0.463 e. The number of carbonyl (C=O) groups excluding carboxylic acids is 3. The second-order valence-electron chi connectivity index (χ2n) is 13.8. The predicted molar refractivity (Wildman–Crippen MR) is 164 cm³/mol. The molecule has 0 aliphatic heterocycles. The first kappa shape index (κ1) is 35.4. The number of carbonyl (C=O) groups is 3. The third-order valence-electron chi connectivity index (χ3n) is 7.66. The molecule has 0 heterocycles. The van der Waals surface area contributed by atoms with Crippen LogP contribution in [0, 0.1) is 11.3 Å². The molecule has 226 valence electrons. The number of benzene rings is 1. The maximum absolute atomic E-state index is 14.0. The Morgan fingerprint density at radius 2 is 1.43 bits per heavy atom. The number of amides is 2. The van der Waals surface area contributed by atoms with E-state index in [1.807, 2.05) is 48.5 Å². The van der Waals surface area contributed by atoms with Crippen molar-refractivity contribution >= 4 is 17.8 Å². The van der Waals surface area contributed by atoms with Crippen molar-refractivity contribution < 1.29 is 19.1 Å². The van der Waals surface area contributed by atoms with Crippen molar-refractivity contribution in [3.05, 3.63) is 47.0 Å². The van der Waals surface area contributed by atoms with Gasteiger partial charge in [0.2, 0.25) is 11.8 Å². The maximum atomic E-state index is 14.0. The zero-order chi connectivity index (χ0) is 31.2. The smallest absolute Gasteiger partial charge is 0.333 e. The number of hydrogen-bond donors (Lipinski definition) is 2. The number of esters is 1. The average Bonchev–Trinajstić information content (AvgIpc) is 2.83. The van der Waals surface area contributed by atoms with E-state index in [1.165, 1.54) is 5.56 Å². The molecule has 3 atom stereocenters. The summed E-state index contributed by atoms with van der Waals surface area (Å²) in [6.45, 7) is 24.2. The molecule has 1 rings (SSSR count). The predicted octanol–water partition coefficient (Wildman–Crippen LogP) is 5.37. The van der Waals surface area contributed by atoms with Crippen LogP contribution in [0.5, 0.6) is 0 Å². The summed E-state index contributed by atoms with van der Waals surface area (Å²) in [6, 6.07) is 6.71. The van der Waals surface area contributed by atoms with Gasteiger partial charge < -0.3 is 20.3 Å². The molecule has 0 spiro atoms. The minimum atomic E-state index is -0.780. The number of hydrogen-bond acceptors (Lipinski definition) is 5. The third-order valence-corrected chi connectivity index (χ3v) is 7.66. The fourth-order valence-electron chi connectivity index (χ4n) is 4.93. The van der Waals surface area contributed by atoms with Gasteiger partial charge in [-0.15, -0.1) is 0 Å². The summed E-state index contributed by atoms with van der Waals surface area (Å²) in [7, 11) is 3.50. The molecular weight excluding hydrogens is 502 g/mol. The van der Waals surface area contributed by atoms with Crippen LogP contribution in [0.3, 0.4) is 0 Å². The molecule has 40 heavy (non-hydrogen) atoms. The molecule has 0 saturated carbocycles. The summed E-state index contributed by atoms with van der Waals surface area (Å²) in [6.07, 6.45) is 1.78. The number of nitrogens with one attached hydrogen (secondary N) is 2. The van der Waals surface area contributed by atoms with Crippen LogP contribution in [0.2, 0.25) is 0 Å². The van der Waals surface area contributed by atoms with Gasteiger partial charge in [-0.2, -0.15) is 0 Å². The molecular formula is C33H55N3O4. The van der Waals surface area contributed by atoms with E-state index in [-0.39, 0.29) is 35.8 Å². The molecule has 0 saturated heterocycles. The lowest BCUT2D eigenvalue weighted by atomic mass is 9.75. The normalized spacial score (nSPS) is 15.3. The molecule has 0 aliphatic carbocycles. The highest BCUT2D eigenvalue weighted by atomic mass is 16.5. The zero-order valence-corrected chi connectivity index (χ0v) is 27.5. The van der Waals surface area contributed by atoms with Crippen LogP contribution in [-0.4, -0.2) is 61.5 Å². The van der Waals surface area contributed by atoms with E-state index in [4.69, 9.17) is 4.74 Å². The van der Waals surface area contributed by atoms with Crippen LogP contribution in [-0.2, 0) is 30.0 Å². The van der Waals surface area contributed by atoms with Crippen molar-refractivity contribution in [3.8, 4) is 0 Å². The first-order valence-corrected chi connectivity index (χ1v) is 14.4. The molecule has 1 unspecified atom stereocenters. The quantitative estimate of drug-likeness (QED) is 0.282. The molecule has 7 nitrogen and oxygen atoms in total. The van der Waals surface area contributed by atoms with Crippen LogP contribution < -0.4 is 10.6 Å². The summed E-state index contributed by atoms with van der Waals surface area (Å²) >= 11 is 0. The average molecular weight is 558 g/mol. The first-order chi connectivity index (χ1) is 18.2. The van der Waals surface area contributed by atoms with E-state index >= 15 is 0 Å². The van der Waals surface area contributed by atoms with Crippen molar-refractivity contribution in [1.82, 2.24) is 15.5 Å². The zero-order valence-electron chi connectivity index (χ0n) is 27.5. The van der Waals surface area contributed by atoms with Crippen LogP contribution >= 0.6 is 0 Å². The van der Waals surface area contributed by atoms with Gasteiger partial charge in [-0.05, 0) is 48.8 Å². The highest BCUT2D eigenvalue weighted by molar-refractivity contribution is 5.92. The summed E-state index contributed by atoms with van der Waals surface area (Å²) < 4.78 is 5.13. The molecule has 0 aliphatic rings. The van der Waals surface area contributed by atoms with Crippen molar-refractivity contribution in [1.29, 1.82) is 0 Å². The van der Waals surface area contributed by atoms with Crippen LogP contribution in [0.25, 0.3) is 0 Å². The van der Waals surface area contributed by atoms with Gasteiger partial charge >= 0.3 is 5.97 Å². The summed E-state index contributed by atoms with van der Waals surface area (Å²) in [5.41, 5.74) is 1.64. The second kappa shape index (κ2) is 13.8. The van der Waals surface area contributed by atoms with Crippen LogP contribution in [0.1, 0.15) is 94.2 Å². The lowest BCUT2D eigenvalue weighted by Crippen LogP contribution is -2.61. The fourth-order valence-corrected chi connectivity index (χ4v) is 4.93. The Kier molecular flexibility index (Phi) is 12.2. The Morgan fingerprint density at radius 1 is 0.925 bits per heavy atom. The summed E-state index contributed by atoms with van der Waals surface area (Å²) in [5, 5.41) is 6.29. The number of ether oxygens (including phenoxy) is 1. The van der Waals surface area contributed by atoms with Crippen LogP contribution in [0.15, 0.2) is 35.9 Å². The van der Waals surface area contributed by atoms with Crippen molar-refractivity contribution in [2.45, 2.75) is 112 Å². The molecule has 1 aromatic rings. The van der Waals surface area contributed by atoms with Gasteiger partial charge in [-0.1, -0.05) is 99.6 Å². The highest BCUT2D eigenvalue weighted by Crippen LogP contribution is 2.31. The Morgan fingerprint density at radius 3 is 1.82 bits per heavy atom. The summed E-state index contributed by atoms with van der Waals surface area (Å²) in [5.74, 6) is -0.818. The SMILES string of the molecule is CCOC(=O)/C(C)=C/[C@H](C(C)C)N(C)C(=O)[C@@H](NC(=O)C(NC)C(C)(C)c1ccc(C(C)(C)C)cc1)C(C)(C)C. The topological polar surface area (TPSA) is 87.7 Å². The molecule has 2 amide bonds. The molecule has 7 heteroatoms. The Balaban J connectivity index is 3.33. The Labute approximate surface area is 243 Å². The van der Waals surface area contributed by atoms with Crippen molar-refractivity contribution in [2.24, 2.45) is 11.3 Å². The number of rotatable bonds is 11. The monoisotopic (exact) mass is 557 g/mol. The van der Waals surface area contributed by atoms with Gasteiger partial charge in [0.25, 0.3) is 0 Å². The van der Waals surface area contributed by atoms with Crippen molar-refractivity contribution in [2.75, 3.05) is 20.7 Å². The standard InChI is InChI=1S/C33H55N3O4/c1-15-40-30(39)22(4)20-25(21(2)3)36(14)29(38)27(32(8,9)10)35-28(37)26(34-13)33(11,12)24-18-16-23(17-19-24)31(5,6)7/h16-21,25-27,34H,15H2,1-14H3,(H,35,37)/b22-20+/t25-,26?,27-/m1/s1. The van der Waals surface area contributed by atoms with Crippen LogP contribution in [0.4, 0.5) is 0 Å². The molecule has 0 aromatic heterocycles. The second-order valence-corrected chi connectivity index (χ2v) is 13.8. The number of likely N-dealkylation sites (N-methyl/N-ethyl adjacent to an activating group) is 2. The fraction of sp³-hybridized carbons (Fsp3) is 0.667. The van der Waals surface area contributed by atoms with Gasteiger partial charge in [-0.25, -0.2) is 4.79 Å². The Bertz CT molecular complexity index is 1040. The van der Waals surface area contributed by atoms with E-state index in [2.05, 4.69) is 55.7 Å². The molecule has 0 bridgehead atoms. The van der Waals surface area contributed by atoms with E-state index in [0.29, 0.717) is 5.57 Å². The van der Waals surface area contributed by atoms with E-state index < -0.39 is 28.9 Å². The molecule has 0 fully saturated rings. The number of nitrogens with zero attached hydrogens (tertiary/aromatic N) is 1. The Hall–Kier alpha value is -2.67. The first-order valence-electron chi connectivity index (χ1n) is 14.4. The maximum Gasteiger partial charge on any atom is 0.333 e. The molecule has 2 N–H and O–H groups in total. The van der Waals surface area contributed by atoms with Gasteiger partial charge in [0, 0.05) is 18.0 Å². The third kappa shape index (κ3) is 8.92. The van der Waals surface area contributed by atoms with Gasteiger partial charge in [-0.3, -0.25) is 9.59 Å². The minimum absolute atomic E-state index is 0.0344. The van der Waals surface area contributed by atoms with E-state index in [0.717, 1.165) is 5.56 Å². The van der Waals surface area contributed by atoms with E-state index in [9.17, 15) is 14.4 Å².